The van der Waals surface area contributed by atoms with Crippen molar-refractivity contribution in [3.63, 3.8) is 0 Å². The Morgan fingerprint density at radius 3 is 2.88 bits per heavy atom. The average molecular weight is 219 g/mol. The van der Waals surface area contributed by atoms with Gasteiger partial charge in [0.05, 0.1) is 5.60 Å². The van der Waals surface area contributed by atoms with Gasteiger partial charge < -0.3 is 10.0 Å². The van der Waals surface area contributed by atoms with Gasteiger partial charge in [-0.15, -0.1) is 0 Å². The zero-order valence-electron chi connectivity index (χ0n) is 9.73. The largest absolute Gasteiger partial charge is 0.385 e. The molecule has 2 rings (SSSR count). The standard InChI is InChI=1S/C13H17NO2/c1-3-12(15)14-9-8-13(2,16)10-6-4-5-7-11(10)14/h4-7,16H,3,8-9H2,1-2H3. The second-order valence-corrected chi connectivity index (χ2v) is 4.44. The summed E-state index contributed by atoms with van der Waals surface area (Å²) in [6.07, 6.45) is 1.09. The topological polar surface area (TPSA) is 40.5 Å². The van der Waals surface area contributed by atoms with E-state index in [1.54, 1.807) is 11.8 Å². The van der Waals surface area contributed by atoms with Gasteiger partial charge in [-0.2, -0.15) is 0 Å². The molecule has 0 spiro atoms. The fraction of sp³-hybridized carbons (Fsp3) is 0.462. The van der Waals surface area contributed by atoms with Crippen LogP contribution in [0.4, 0.5) is 5.69 Å². The smallest absolute Gasteiger partial charge is 0.226 e. The van der Waals surface area contributed by atoms with Crippen LogP contribution in [0.15, 0.2) is 24.3 Å². The van der Waals surface area contributed by atoms with Crippen LogP contribution >= 0.6 is 0 Å². The highest BCUT2D eigenvalue weighted by Gasteiger charge is 2.34. The van der Waals surface area contributed by atoms with Crippen LogP contribution in [-0.2, 0) is 10.4 Å². The van der Waals surface area contributed by atoms with Crippen LogP contribution in [0.25, 0.3) is 0 Å². The zero-order valence-corrected chi connectivity index (χ0v) is 9.73. The molecule has 0 radical (unpaired) electrons. The van der Waals surface area contributed by atoms with Crippen molar-refractivity contribution >= 4 is 11.6 Å². The van der Waals surface area contributed by atoms with Crippen molar-refractivity contribution < 1.29 is 9.90 Å². The minimum atomic E-state index is -0.818. The lowest BCUT2D eigenvalue weighted by atomic mass is 9.87. The molecule has 86 valence electrons. The normalized spacial score (nSPS) is 24.1. The molecule has 0 aliphatic carbocycles. The minimum Gasteiger partial charge on any atom is -0.385 e. The van der Waals surface area contributed by atoms with Gasteiger partial charge >= 0.3 is 0 Å². The van der Waals surface area contributed by atoms with Gasteiger partial charge in [0.1, 0.15) is 0 Å². The maximum Gasteiger partial charge on any atom is 0.226 e. The Bertz CT molecular complexity index is 412. The molecule has 3 nitrogen and oxygen atoms in total. The van der Waals surface area contributed by atoms with Crippen LogP contribution in [-0.4, -0.2) is 17.6 Å². The van der Waals surface area contributed by atoms with Crippen LogP contribution in [0, 0.1) is 0 Å². The van der Waals surface area contributed by atoms with E-state index in [0.29, 0.717) is 19.4 Å². The number of carbonyl (C=O) groups is 1. The van der Waals surface area contributed by atoms with Crippen LogP contribution in [0.3, 0.4) is 0 Å². The number of anilines is 1. The third-order valence-corrected chi connectivity index (χ3v) is 3.20. The van der Waals surface area contributed by atoms with E-state index < -0.39 is 5.60 Å². The number of para-hydroxylation sites is 1. The summed E-state index contributed by atoms with van der Waals surface area (Å²) in [5.74, 6) is 0.114. The van der Waals surface area contributed by atoms with Crippen molar-refractivity contribution in [1.82, 2.24) is 0 Å². The molecule has 16 heavy (non-hydrogen) atoms. The number of rotatable bonds is 1. The minimum absolute atomic E-state index is 0.114. The Hall–Kier alpha value is -1.35. The van der Waals surface area contributed by atoms with E-state index in [2.05, 4.69) is 0 Å². The van der Waals surface area contributed by atoms with Gasteiger partial charge in [-0.3, -0.25) is 4.79 Å². The molecule has 1 heterocycles. The number of aliphatic hydroxyl groups is 1. The van der Waals surface area contributed by atoms with E-state index >= 15 is 0 Å². The number of hydrogen-bond donors (Lipinski definition) is 1. The third-order valence-electron chi connectivity index (χ3n) is 3.20. The van der Waals surface area contributed by atoms with Gasteiger partial charge in [0.2, 0.25) is 5.91 Å². The maximum atomic E-state index is 11.8. The van der Waals surface area contributed by atoms with Gasteiger partial charge in [-0.1, -0.05) is 25.1 Å². The maximum absolute atomic E-state index is 11.8. The van der Waals surface area contributed by atoms with Gasteiger partial charge in [0.25, 0.3) is 0 Å². The summed E-state index contributed by atoms with van der Waals surface area (Å²) in [6, 6.07) is 7.59. The molecular formula is C13H17NO2. The van der Waals surface area contributed by atoms with Crippen molar-refractivity contribution in [2.24, 2.45) is 0 Å². The highest BCUT2D eigenvalue weighted by molar-refractivity contribution is 5.94. The third kappa shape index (κ3) is 1.71. The van der Waals surface area contributed by atoms with E-state index in [1.807, 2.05) is 31.2 Å². The Kier molecular flexibility index (Phi) is 2.72. The van der Waals surface area contributed by atoms with Crippen LogP contribution in [0.2, 0.25) is 0 Å². The second kappa shape index (κ2) is 3.91. The molecule has 0 aromatic heterocycles. The van der Waals surface area contributed by atoms with Crippen LogP contribution in [0.5, 0.6) is 0 Å². The molecule has 1 unspecified atom stereocenters. The van der Waals surface area contributed by atoms with Crippen LogP contribution < -0.4 is 4.90 Å². The molecule has 1 aromatic rings. The van der Waals surface area contributed by atoms with E-state index in [4.69, 9.17) is 0 Å². The molecule has 1 aromatic carbocycles. The number of fused-ring (bicyclic) bond motifs is 1. The highest BCUT2D eigenvalue weighted by atomic mass is 16.3. The van der Waals surface area contributed by atoms with Gasteiger partial charge in [-0.25, -0.2) is 0 Å². The summed E-state index contributed by atoms with van der Waals surface area (Å²) in [6.45, 7) is 4.26. The van der Waals surface area contributed by atoms with E-state index in [1.165, 1.54) is 0 Å². The Morgan fingerprint density at radius 1 is 1.50 bits per heavy atom. The second-order valence-electron chi connectivity index (χ2n) is 4.44. The number of nitrogens with zero attached hydrogens (tertiary/aromatic N) is 1. The summed E-state index contributed by atoms with van der Waals surface area (Å²) in [7, 11) is 0. The molecule has 0 bridgehead atoms. The molecule has 1 amide bonds. The first-order valence-corrected chi connectivity index (χ1v) is 5.68. The lowest BCUT2D eigenvalue weighted by Crippen LogP contribution is -2.41. The highest BCUT2D eigenvalue weighted by Crippen LogP contribution is 2.37. The Labute approximate surface area is 95.7 Å². The Balaban J connectivity index is 2.47. The summed E-state index contributed by atoms with van der Waals surface area (Å²) < 4.78 is 0. The first-order valence-electron chi connectivity index (χ1n) is 5.68. The van der Waals surface area contributed by atoms with Gasteiger partial charge in [0, 0.05) is 24.2 Å². The molecule has 1 atom stereocenters. The number of carbonyl (C=O) groups excluding carboxylic acids is 1. The molecule has 0 fully saturated rings. The summed E-state index contributed by atoms with van der Waals surface area (Å²) >= 11 is 0. The number of benzene rings is 1. The van der Waals surface area contributed by atoms with Crippen molar-refractivity contribution in [2.75, 3.05) is 11.4 Å². The van der Waals surface area contributed by atoms with Crippen molar-refractivity contribution in [1.29, 1.82) is 0 Å². The molecular weight excluding hydrogens is 202 g/mol. The van der Waals surface area contributed by atoms with Crippen molar-refractivity contribution in [2.45, 2.75) is 32.3 Å². The Morgan fingerprint density at radius 2 is 2.19 bits per heavy atom. The fourth-order valence-corrected chi connectivity index (χ4v) is 2.20. The van der Waals surface area contributed by atoms with Crippen molar-refractivity contribution in [3.05, 3.63) is 29.8 Å². The molecule has 1 aliphatic heterocycles. The predicted octanol–water partition coefficient (Wildman–Crippen LogP) is 2.04. The number of amides is 1. The van der Waals surface area contributed by atoms with Crippen molar-refractivity contribution in [3.8, 4) is 0 Å². The monoisotopic (exact) mass is 219 g/mol. The van der Waals surface area contributed by atoms with E-state index in [9.17, 15) is 9.90 Å². The van der Waals surface area contributed by atoms with Crippen LogP contribution in [0.1, 0.15) is 32.3 Å². The van der Waals surface area contributed by atoms with E-state index in [0.717, 1.165) is 11.3 Å². The molecule has 1 aliphatic rings. The molecule has 1 N–H and O–H groups in total. The predicted molar refractivity (Wildman–Crippen MR) is 63.3 cm³/mol. The van der Waals surface area contributed by atoms with Gasteiger partial charge in [0.15, 0.2) is 0 Å². The average Bonchev–Trinajstić information content (AvgIpc) is 2.28. The lowest BCUT2D eigenvalue weighted by molar-refractivity contribution is -0.118. The summed E-state index contributed by atoms with van der Waals surface area (Å²) in [4.78, 5) is 13.6. The SMILES string of the molecule is CCC(=O)N1CCC(C)(O)c2ccccc21. The summed E-state index contributed by atoms with van der Waals surface area (Å²) in [5.41, 5.74) is 0.884. The fourth-order valence-electron chi connectivity index (χ4n) is 2.20. The molecule has 0 saturated heterocycles. The zero-order chi connectivity index (χ0) is 11.8. The van der Waals surface area contributed by atoms with E-state index in [-0.39, 0.29) is 5.91 Å². The summed E-state index contributed by atoms with van der Waals surface area (Å²) in [5, 5.41) is 10.3. The first-order chi connectivity index (χ1) is 7.56. The van der Waals surface area contributed by atoms with Gasteiger partial charge in [-0.05, 0) is 19.4 Å². The quantitative estimate of drug-likeness (QED) is 0.785. The molecule has 0 saturated carbocycles. The number of hydrogen-bond acceptors (Lipinski definition) is 2. The lowest BCUT2D eigenvalue weighted by Gasteiger charge is -2.37. The molecule has 3 heteroatoms. The first kappa shape index (κ1) is 11.1.